The van der Waals surface area contributed by atoms with Gasteiger partial charge in [0.1, 0.15) is 0 Å². The zero-order valence-corrected chi connectivity index (χ0v) is 17.2. The Morgan fingerprint density at radius 1 is 1.17 bits per heavy atom. The maximum absolute atomic E-state index is 12.5. The largest absolute Gasteiger partial charge is 0.311 e. The molecule has 0 saturated carbocycles. The fourth-order valence-corrected chi connectivity index (χ4v) is 5.14. The number of hydrogen-bond acceptors (Lipinski definition) is 5. The van der Waals surface area contributed by atoms with Crippen molar-refractivity contribution in [2.45, 2.75) is 26.3 Å². The van der Waals surface area contributed by atoms with E-state index < -0.39 is 10.0 Å². The van der Waals surface area contributed by atoms with Crippen LogP contribution < -0.4 is 10.9 Å². The van der Waals surface area contributed by atoms with Crippen LogP contribution in [0.25, 0.3) is 17.1 Å². The molecule has 154 valence electrons. The second-order valence-corrected chi connectivity index (χ2v) is 9.42. The molecular weight excluding hydrogens is 390 g/mol. The molecule has 1 aromatic carbocycles. The molecule has 4 rings (SSSR count). The molecule has 0 aromatic heterocycles. The summed E-state index contributed by atoms with van der Waals surface area (Å²) in [6.45, 7) is 3.75. The van der Waals surface area contributed by atoms with Crippen molar-refractivity contribution in [3.63, 3.8) is 0 Å². The van der Waals surface area contributed by atoms with Crippen LogP contribution in [0, 0.1) is 6.92 Å². The van der Waals surface area contributed by atoms with Crippen molar-refractivity contribution < 1.29 is 8.42 Å². The van der Waals surface area contributed by atoms with Crippen molar-refractivity contribution in [1.29, 1.82) is 0 Å². The van der Waals surface area contributed by atoms with Gasteiger partial charge in [0.25, 0.3) is 5.56 Å². The third-order valence-corrected chi connectivity index (χ3v) is 7.13. The number of nitrogens with zero attached hydrogens (tertiary/aromatic N) is 3. The molecule has 3 aliphatic rings. The van der Waals surface area contributed by atoms with Crippen LogP contribution in [-0.2, 0) is 16.6 Å². The Kier molecular flexibility index (Phi) is 5.53. The Morgan fingerprint density at radius 3 is 2.62 bits per heavy atom. The van der Waals surface area contributed by atoms with Crippen molar-refractivity contribution >= 4 is 10.0 Å². The number of aryl methyl sites for hydroxylation is 1. The first kappa shape index (κ1) is 19.8. The van der Waals surface area contributed by atoms with E-state index in [0.717, 1.165) is 29.8 Å². The number of sulfonamides is 1. The molecule has 0 spiro atoms. The third-order valence-electron chi connectivity index (χ3n) is 5.26. The molecule has 0 aliphatic carbocycles. The van der Waals surface area contributed by atoms with Gasteiger partial charge in [0, 0.05) is 43.0 Å². The second kappa shape index (κ2) is 8.10. The van der Waals surface area contributed by atoms with Crippen molar-refractivity contribution in [1.82, 2.24) is 24.4 Å². The van der Waals surface area contributed by atoms with Crippen LogP contribution in [0.4, 0.5) is 0 Å². The number of pyridine rings is 1. The molecule has 9 heteroatoms. The number of rotatable bonds is 7. The molecule has 0 bridgehead atoms. The number of H-pyrrole nitrogens is 1. The molecular formula is C20H25N5O3S. The predicted molar refractivity (Wildman–Crippen MR) is 112 cm³/mol. The Hall–Kier alpha value is -2.49. The zero-order chi connectivity index (χ0) is 20.4. The quantitative estimate of drug-likeness (QED) is 0.570. The lowest BCUT2D eigenvalue weighted by Crippen LogP contribution is -2.34. The molecule has 3 aliphatic heterocycles. The molecule has 1 fully saturated rings. The van der Waals surface area contributed by atoms with Crippen LogP contribution in [0.2, 0.25) is 0 Å². The molecule has 29 heavy (non-hydrogen) atoms. The van der Waals surface area contributed by atoms with Crippen LogP contribution in [0.5, 0.6) is 0 Å². The van der Waals surface area contributed by atoms with Gasteiger partial charge in [0.05, 0.1) is 11.4 Å². The standard InChI is InChI=1S/C20H25N5O3S/c1-15-18-13-16(14-21-9-12-29(27,28)24-10-5-6-11-24)20(26)22-19(18)25(23-15)17-7-3-2-4-8-17/h2-4,7-8,13,21,23H,5-6,9-12,14H2,1H3. The van der Waals surface area contributed by atoms with E-state index >= 15 is 0 Å². The summed E-state index contributed by atoms with van der Waals surface area (Å²) in [6.07, 6.45) is 1.85. The normalized spacial score (nSPS) is 15.3. The van der Waals surface area contributed by atoms with Gasteiger partial charge in [-0.2, -0.15) is 4.98 Å². The Labute approximate surface area is 169 Å². The van der Waals surface area contributed by atoms with Gasteiger partial charge in [-0.15, -0.1) is 0 Å². The van der Waals surface area contributed by atoms with E-state index in [9.17, 15) is 13.2 Å². The minimum absolute atomic E-state index is 0.0358. The number of hydrogen-bond donors (Lipinski definition) is 2. The summed E-state index contributed by atoms with van der Waals surface area (Å²) in [7, 11) is -3.22. The van der Waals surface area contributed by atoms with Crippen molar-refractivity contribution in [3.05, 3.63) is 58.0 Å². The van der Waals surface area contributed by atoms with Crippen LogP contribution in [0.3, 0.4) is 0 Å². The van der Waals surface area contributed by atoms with Gasteiger partial charge in [-0.1, -0.05) is 18.2 Å². The fourth-order valence-electron chi connectivity index (χ4n) is 3.67. The molecule has 0 radical (unpaired) electrons. The van der Waals surface area contributed by atoms with E-state index in [-0.39, 0.29) is 17.9 Å². The van der Waals surface area contributed by atoms with Gasteiger partial charge in [-0.05, 0) is 38.0 Å². The maximum atomic E-state index is 12.5. The highest BCUT2D eigenvalue weighted by Crippen LogP contribution is 2.25. The first-order chi connectivity index (χ1) is 14.0. The Balaban J connectivity index is 1.47. The van der Waals surface area contributed by atoms with Gasteiger partial charge >= 0.3 is 0 Å². The highest BCUT2D eigenvalue weighted by atomic mass is 32.2. The van der Waals surface area contributed by atoms with Crippen LogP contribution >= 0.6 is 0 Å². The number of aromatic amines is 1. The smallest absolute Gasteiger partial charge is 0.276 e. The third kappa shape index (κ3) is 4.12. The second-order valence-electron chi connectivity index (χ2n) is 7.33. The minimum Gasteiger partial charge on any atom is -0.311 e. The minimum atomic E-state index is -3.22. The summed E-state index contributed by atoms with van der Waals surface area (Å²) in [5.74, 6) is 0.618. The summed E-state index contributed by atoms with van der Waals surface area (Å²) in [5, 5.41) is 6.33. The van der Waals surface area contributed by atoms with Gasteiger partial charge < -0.3 is 5.32 Å². The number of aromatic nitrogens is 3. The maximum Gasteiger partial charge on any atom is 0.276 e. The summed E-state index contributed by atoms with van der Waals surface area (Å²) < 4.78 is 27.9. The number of fused-ring (bicyclic) bond motifs is 1. The first-order valence-electron chi connectivity index (χ1n) is 9.81. The monoisotopic (exact) mass is 415 g/mol. The number of para-hydroxylation sites is 1. The zero-order valence-electron chi connectivity index (χ0n) is 16.4. The van der Waals surface area contributed by atoms with Gasteiger partial charge in [0.2, 0.25) is 10.0 Å². The summed E-state index contributed by atoms with van der Waals surface area (Å²) in [6, 6.07) is 11.5. The van der Waals surface area contributed by atoms with E-state index in [1.807, 2.05) is 43.3 Å². The van der Waals surface area contributed by atoms with E-state index in [1.54, 1.807) is 8.99 Å². The summed E-state index contributed by atoms with van der Waals surface area (Å²) in [4.78, 5) is 16.8. The van der Waals surface area contributed by atoms with Gasteiger partial charge in [-0.3, -0.25) is 9.89 Å². The topological polar surface area (TPSA) is 100 Å². The van der Waals surface area contributed by atoms with Gasteiger partial charge in [0.15, 0.2) is 5.82 Å². The summed E-state index contributed by atoms with van der Waals surface area (Å²) >= 11 is 0. The number of benzene rings is 1. The van der Waals surface area contributed by atoms with Crippen LogP contribution in [0.15, 0.2) is 41.2 Å². The molecule has 1 saturated heterocycles. The van der Waals surface area contributed by atoms with Crippen molar-refractivity contribution in [2.75, 3.05) is 25.4 Å². The molecule has 2 N–H and O–H groups in total. The number of nitrogens with one attached hydrogen (secondary N) is 2. The average Bonchev–Trinajstić information content (AvgIpc) is 3.36. The van der Waals surface area contributed by atoms with Gasteiger partial charge in [-0.25, -0.2) is 17.4 Å². The highest BCUT2D eigenvalue weighted by Gasteiger charge is 2.24. The predicted octanol–water partition coefficient (Wildman–Crippen LogP) is 1.49. The van der Waals surface area contributed by atoms with Crippen LogP contribution in [0.1, 0.15) is 24.1 Å². The Bertz CT molecular complexity index is 1110. The molecule has 0 atom stereocenters. The van der Waals surface area contributed by atoms with Crippen LogP contribution in [-0.4, -0.2) is 52.9 Å². The fraction of sp³-hybridized carbons (Fsp3) is 0.400. The van der Waals surface area contributed by atoms with Crippen molar-refractivity contribution in [3.8, 4) is 17.1 Å². The SMILES string of the molecule is Cc1[nH]n(-c2ccccc2)c2nc(=O)c(CNCCS(=O)(=O)N3CCCC3)cc1-2. The van der Waals surface area contributed by atoms with E-state index in [0.29, 0.717) is 31.0 Å². The Morgan fingerprint density at radius 2 is 1.90 bits per heavy atom. The molecule has 3 heterocycles. The highest BCUT2D eigenvalue weighted by molar-refractivity contribution is 7.89. The summed E-state index contributed by atoms with van der Waals surface area (Å²) in [5.41, 5.74) is 2.90. The van der Waals surface area contributed by atoms with E-state index in [2.05, 4.69) is 15.4 Å². The average molecular weight is 416 g/mol. The van der Waals surface area contributed by atoms with E-state index in [1.165, 1.54) is 0 Å². The lowest BCUT2D eigenvalue weighted by Gasteiger charge is -2.15. The van der Waals surface area contributed by atoms with Crippen molar-refractivity contribution in [2.24, 2.45) is 0 Å². The molecule has 0 unspecified atom stereocenters. The lowest BCUT2D eigenvalue weighted by molar-refractivity contribution is 0.475. The molecule has 8 nitrogen and oxygen atoms in total. The first-order valence-corrected chi connectivity index (χ1v) is 11.4. The molecule has 1 aromatic rings. The molecule has 0 amide bonds. The van der Waals surface area contributed by atoms with E-state index in [4.69, 9.17) is 0 Å². The lowest BCUT2D eigenvalue weighted by atomic mass is 10.1.